The van der Waals surface area contributed by atoms with Crippen LogP contribution in [-0.4, -0.2) is 30.6 Å². The molecule has 2 rings (SSSR count). The monoisotopic (exact) mass is 168 g/mol. The fourth-order valence-corrected chi connectivity index (χ4v) is 2.59. The Labute approximate surface area is 75.1 Å². The van der Waals surface area contributed by atoms with E-state index in [1.54, 1.807) is 0 Å². The molecule has 70 valence electrons. The van der Waals surface area contributed by atoms with Gasteiger partial charge in [0.2, 0.25) is 0 Å². The topological polar surface area (TPSA) is 29.3 Å². The van der Waals surface area contributed by atoms with Crippen LogP contribution in [0.15, 0.2) is 0 Å². The molecule has 2 N–H and O–H groups in total. The molecule has 2 aliphatic rings. The number of hydrogen-bond donors (Lipinski definition) is 1. The molecule has 0 amide bonds. The summed E-state index contributed by atoms with van der Waals surface area (Å²) < 4.78 is 0. The van der Waals surface area contributed by atoms with Crippen LogP contribution in [0.5, 0.6) is 0 Å². The van der Waals surface area contributed by atoms with E-state index in [1.165, 1.54) is 51.7 Å². The average Bonchev–Trinajstić information content (AvgIpc) is 2.65. The maximum atomic E-state index is 6.03. The fourth-order valence-electron chi connectivity index (χ4n) is 2.59. The second kappa shape index (κ2) is 3.75. The quantitative estimate of drug-likeness (QED) is 0.671. The minimum absolute atomic E-state index is 0.505. The second-order valence-electron chi connectivity index (χ2n) is 4.36. The Balaban J connectivity index is 1.77. The summed E-state index contributed by atoms with van der Waals surface area (Å²) in [4.78, 5) is 2.59. The molecule has 0 spiro atoms. The highest BCUT2D eigenvalue weighted by atomic mass is 15.1. The molecule has 2 heteroatoms. The lowest BCUT2D eigenvalue weighted by atomic mass is 10.0. The molecule has 0 bridgehead atoms. The highest BCUT2D eigenvalue weighted by Crippen LogP contribution is 2.25. The van der Waals surface area contributed by atoms with Crippen molar-refractivity contribution in [3.63, 3.8) is 0 Å². The van der Waals surface area contributed by atoms with Crippen molar-refractivity contribution in [1.82, 2.24) is 4.90 Å². The predicted octanol–water partition coefficient (Wildman–Crippen LogP) is 1.21. The third kappa shape index (κ3) is 1.80. The first kappa shape index (κ1) is 8.52. The van der Waals surface area contributed by atoms with Crippen molar-refractivity contribution in [3.05, 3.63) is 0 Å². The van der Waals surface area contributed by atoms with Crippen molar-refractivity contribution in [2.45, 2.75) is 38.1 Å². The molecule has 1 saturated carbocycles. The van der Waals surface area contributed by atoms with E-state index < -0.39 is 0 Å². The highest BCUT2D eigenvalue weighted by molar-refractivity contribution is 4.83. The smallest absolute Gasteiger partial charge is 0.00793 e. The molecule has 2 unspecified atom stereocenters. The van der Waals surface area contributed by atoms with E-state index in [0.717, 1.165) is 5.92 Å². The lowest BCUT2D eigenvalue weighted by Gasteiger charge is -2.22. The van der Waals surface area contributed by atoms with Crippen LogP contribution >= 0.6 is 0 Å². The first-order valence-electron chi connectivity index (χ1n) is 5.34. The van der Waals surface area contributed by atoms with Gasteiger partial charge >= 0.3 is 0 Å². The maximum absolute atomic E-state index is 6.03. The molecule has 2 atom stereocenters. The molecule has 1 heterocycles. The van der Waals surface area contributed by atoms with Gasteiger partial charge in [-0.1, -0.05) is 6.42 Å². The van der Waals surface area contributed by atoms with Crippen molar-refractivity contribution in [1.29, 1.82) is 0 Å². The van der Waals surface area contributed by atoms with Crippen molar-refractivity contribution >= 4 is 0 Å². The number of likely N-dealkylation sites (tertiary alicyclic amines) is 1. The Morgan fingerprint density at radius 2 is 1.83 bits per heavy atom. The molecule has 0 aromatic carbocycles. The van der Waals surface area contributed by atoms with Gasteiger partial charge in [-0.2, -0.15) is 0 Å². The van der Waals surface area contributed by atoms with E-state index in [4.69, 9.17) is 5.73 Å². The van der Waals surface area contributed by atoms with Crippen LogP contribution in [-0.2, 0) is 0 Å². The fraction of sp³-hybridized carbons (Fsp3) is 1.00. The first-order chi connectivity index (χ1) is 5.86. The Hall–Kier alpha value is -0.0800. The zero-order valence-electron chi connectivity index (χ0n) is 7.84. The summed E-state index contributed by atoms with van der Waals surface area (Å²) in [5.41, 5.74) is 6.03. The van der Waals surface area contributed by atoms with Gasteiger partial charge in [-0.15, -0.1) is 0 Å². The van der Waals surface area contributed by atoms with E-state index in [9.17, 15) is 0 Å². The van der Waals surface area contributed by atoms with Crippen LogP contribution in [0.25, 0.3) is 0 Å². The van der Waals surface area contributed by atoms with Gasteiger partial charge in [0.25, 0.3) is 0 Å². The average molecular weight is 168 g/mol. The maximum Gasteiger partial charge on any atom is 0.00793 e. The van der Waals surface area contributed by atoms with Gasteiger partial charge < -0.3 is 10.6 Å². The minimum Gasteiger partial charge on any atom is -0.327 e. The van der Waals surface area contributed by atoms with Crippen molar-refractivity contribution in [2.24, 2.45) is 11.7 Å². The van der Waals surface area contributed by atoms with Crippen molar-refractivity contribution in [2.75, 3.05) is 19.6 Å². The molecule has 1 saturated heterocycles. The van der Waals surface area contributed by atoms with E-state index in [1.807, 2.05) is 0 Å². The highest BCUT2D eigenvalue weighted by Gasteiger charge is 2.26. The van der Waals surface area contributed by atoms with E-state index in [-0.39, 0.29) is 0 Å². The third-order valence-corrected chi connectivity index (χ3v) is 3.41. The number of rotatable bonds is 2. The van der Waals surface area contributed by atoms with Crippen molar-refractivity contribution < 1.29 is 0 Å². The Morgan fingerprint density at radius 3 is 2.42 bits per heavy atom. The SMILES string of the molecule is NC1CCCC1CN1CCCC1. The third-order valence-electron chi connectivity index (χ3n) is 3.41. The first-order valence-corrected chi connectivity index (χ1v) is 5.34. The molecule has 0 aromatic rings. The van der Waals surface area contributed by atoms with Gasteiger partial charge in [0.05, 0.1) is 0 Å². The molecular weight excluding hydrogens is 148 g/mol. The van der Waals surface area contributed by atoms with Gasteiger partial charge in [-0.05, 0) is 44.7 Å². The molecule has 1 aliphatic heterocycles. The Kier molecular flexibility index (Phi) is 2.66. The van der Waals surface area contributed by atoms with Crippen LogP contribution in [0.1, 0.15) is 32.1 Å². The zero-order valence-corrected chi connectivity index (χ0v) is 7.84. The summed E-state index contributed by atoms with van der Waals surface area (Å²) in [6, 6.07) is 0.505. The molecule has 0 aromatic heterocycles. The van der Waals surface area contributed by atoms with E-state index >= 15 is 0 Å². The molecule has 2 fully saturated rings. The molecule has 1 aliphatic carbocycles. The van der Waals surface area contributed by atoms with Gasteiger partial charge in [0, 0.05) is 12.6 Å². The Bertz CT molecular complexity index is 141. The van der Waals surface area contributed by atoms with Crippen LogP contribution in [0.3, 0.4) is 0 Å². The number of hydrogen-bond acceptors (Lipinski definition) is 2. The van der Waals surface area contributed by atoms with Gasteiger partial charge in [0.1, 0.15) is 0 Å². The molecule has 12 heavy (non-hydrogen) atoms. The predicted molar refractivity (Wildman–Crippen MR) is 51.0 cm³/mol. The molecule has 2 nitrogen and oxygen atoms in total. The summed E-state index contributed by atoms with van der Waals surface area (Å²) in [6.07, 6.45) is 6.81. The van der Waals surface area contributed by atoms with E-state index in [2.05, 4.69) is 4.90 Å². The summed E-state index contributed by atoms with van der Waals surface area (Å²) in [5, 5.41) is 0. The van der Waals surface area contributed by atoms with Crippen LogP contribution < -0.4 is 5.73 Å². The summed E-state index contributed by atoms with van der Waals surface area (Å²) in [5.74, 6) is 0.808. The van der Waals surface area contributed by atoms with Crippen LogP contribution in [0, 0.1) is 5.92 Å². The standard InChI is InChI=1S/C10H20N2/c11-10-5-3-4-9(10)8-12-6-1-2-7-12/h9-10H,1-8,11H2. The lowest BCUT2D eigenvalue weighted by molar-refractivity contribution is 0.267. The molecular formula is C10H20N2. The second-order valence-corrected chi connectivity index (χ2v) is 4.36. The lowest BCUT2D eigenvalue weighted by Crippen LogP contribution is -2.34. The van der Waals surface area contributed by atoms with Gasteiger partial charge in [-0.3, -0.25) is 0 Å². The van der Waals surface area contributed by atoms with Crippen LogP contribution in [0.2, 0.25) is 0 Å². The normalized spacial score (nSPS) is 37.8. The van der Waals surface area contributed by atoms with E-state index in [0.29, 0.717) is 6.04 Å². The summed E-state index contributed by atoms with van der Waals surface area (Å²) in [6.45, 7) is 3.92. The number of nitrogens with two attached hydrogens (primary N) is 1. The summed E-state index contributed by atoms with van der Waals surface area (Å²) in [7, 11) is 0. The molecule has 0 radical (unpaired) electrons. The van der Waals surface area contributed by atoms with Crippen molar-refractivity contribution in [3.8, 4) is 0 Å². The Morgan fingerprint density at radius 1 is 1.08 bits per heavy atom. The van der Waals surface area contributed by atoms with Gasteiger partial charge in [-0.25, -0.2) is 0 Å². The van der Waals surface area contributed by atoms with Gasteiger partial charge in [0.15, 0.2) is 0 Å². The minimum atomic E-state index is 0.505. The zero-order chi connectivity index (χ0) is 8.39. The number of nitrogens with zero attached hydrogens (tertiary/aromatic N) is 1. The van der Waals surface area contributed by atoms with Crippen LogP contribution in [0.4, 0.5) is 0 Å². The largest absolute Gasteiger partial charge is 0.327 e. The summed E-state index contributed by atoms with van der Waals surface area (Å²) >= 11 is 0.